The summed E-state index contributed by atoms with van der Waals surface area (Å²) in [5, 5.41) is 10.5. The Morgan fingerprint density at radius 1 is 1.00 bits per heavy atom. The zero-order chi connectivity index (χ0) is 13.3. The largest absolute Gasteiger partial charge is 0.384 e. The molecule has 0 aliphatic rings. The maximum absolute atomic E-state index is 10.5. The number of aliphatic hydroxyl groups excluding tert-OH is 1. The molecule has 2 rings (SSSR count). The van der Waals surface area contributed by atoms with Crippen LogP contribution in [0.1, 0.15) is 39.6 Å². The van der Waals surface area contributed by atoms with E-state index in [0.717, 1.165) is 27.9 Å². The Morgan fingerprint density at radius 3 is 2.11 bits per heavy atom. The first kappa shape index (κ1) is 12.8. The lowest BCUT2D eigenvalue weighted by molar-refractivity contribution is 0.218. The number of hydrogen-bond acceptors (Lipinski definition) is 2. The van der Waals surface area contributed by atoms with E-state index in [1.54, 1.807) is 6.20 Å². The van der Waals surface area contributed by atoms with E-state index in [2.05, 4.69) is 24.0 Å². The second-order valence-electron chi connectivity index (χ2n) is 4.95. The van der Waals surface area contributed by atoms with Gasteiger partial charge in [-0.3, -0.25) is 4.98 Å². The summed E-state index contributed by atoms with van der Waals surface area (Å²) in [6.45, 7) is 8.10. The Kier molecular flexibility index (Phi) is 3.48. The molecule has 0 bridgehead atoms. The molecular formula is C16H19NO. The Balaban J connectivity index is 2.46. The minimum absolute atomic E-state index is 0.598. The van der Waals surface area contributed by atoms with E-state index >= 15 is 0 Å². The third-order valence-corrected chi connectivity index (χ3v) is 3.26. The molecule has 0 aliphatic heterocycles. The molecule has 0 fully saturated rings. The van der Waals surface area contributed by atoms with E-state index in [9.17, 15) is 5.11 Å². The molecule has 0 saturated carbocycles. The molecule has 0 radical (unpaired) electrons. The molecule has 1 N–H and O–H groups in total. The molecule has 2 nitrogen and oxygen atoms in total. The van der Waals surface area contributed by atoms with Gasteiger partial charge in [-0.05, 0) is 50.5 Å². The van der Waals surface area contributed by atoms with E-state index in [0.29, 0.717) is 0 Å². The number of aryl methyl sites for hydroxylation is 4. The molecular weight excluding hydrogens is 222 g/mol. The number of aromatic nitrogens is 1. The summed E-state index contributed by atoms with van der Waals surface area (Å²) in [6, 6.07) is 8.07. The summed E-state index contributed by atoms with van der Waals surface area (Å²) in [6.07, 6.45) is 1.15. The van der Waals surface area contributed by atoms with Crippen molar-refractivity contribution in [1.82, 2.24) is 4.98 Å². The summed E-state index contributed by atoms with van der Waals surface area (Å²) in [5.41, 5.74) is 6.27. The van der Waals surface area contributed by atoms with Crippen LogP contribution in [0.5, 0.6) is 0 Å². The molecule has 2 aromatic rings. The number of nitrogens with zero attached hydrogens (tertiary/aromatic N) is 1. The number of benzene rings is 1. The lowest BCUT2D eigenvalue weighted by Gasteiger charge is -2.17. The number of pyridine rings is 1. The number of rotatable bonds is 2. The van der Waals surface area contributed by atoms with E-state index < -0.39 is 6.10 Å². The van der Waals surface area contributed by atoms with Crippen molar-refractivity contribution < 1.29 is 5.11 Å². The van der Waals surface area contributed by atoms with Crippen LogP contribution in [0.3, 0.4) is 0 Å². The summed E-state index contributed by atoms with van der Waals surface area (Å²) in [5.74, 6) is 0. The highest BCUT2D eigenvalue weighted by atomic mass is 16.3. The average molecular weight is 241 g/mol. The van der Waals surface area contributed by atoms with Crippen LogP contribution in [0.4, 0.5) is 0 Å². The Labute approximate surface area is 108 Å². The molecule has 2 heteroatoms. The summed E-state index contributed by atoms with van der Waals surface area (Å²) >= 11 is 0. The van der Waals surface area contributed by atoms with Gasteiger partial charge in [-0.15, -0.1) is 0 Å². The van der Waals surface area contributed by atoms with E-state index in [4.69, 9.17) is 0 Å². The molecule has 1 unspecified atom stereocenters. The molecule has 1 aromatic carbocycles. The lowest BCUT2D eigenvalue weighted by Crippen LogP contribution is -2.05. The topological polar surface area (TPSA) is 33.1 Å². The van der Waals surface area contributed by atoms with Crippen molar-refractivity contribution >= 4 is 0 Å². The van der Waals surface area contributed by atoms with Gasteiger partial charge in [-0.1, -0.05) is 23.8 Å². The highest BCUT2D eigenvalue weighted by molar-refractivity contribution is 5.42. The molecule has 18 heavy (non-hydrogen) atoms. The fourth-order valence-electron chi connectivity index (χ4n) is 2.43. The van der Waals surface area contributed by atoms with Crippen molar-refractivity contribution in [1.29, 1.82) is 0 Å². The molecule has 94 valence electrons. The fourth-order valence-corrected chi connectivity index (χ4v) is 2.43. The third kappa shape index (κ3) is 2.44. The van der Waals surface area contributed by atoms with Crippen LogP contribution in [0.25, 0.3) is 0 Å². The van der Waals surface area contributed by atoms with Crippen LogP contribution in [-0.4, -0.2) is 10.1 Å². The highest BCUT2D eigenvalue weighted by Gasteiger charge is 2.15. The molecule has 0 spiro atoms. The van der Waals surface area contributed by atoms with E-state index in [1.165, 1.54) is 5.56 Å². The first-order chi connectivity index (χ1) is 8.49. The quantitative estimate of drug-likeness (QED) is 0.874. The molecule has 1 heterocycles. The predicted octanol–water partition coefficient (Wildman–Crippen LogP) is 3.40. The lowest BCUT2D eigenvalue weighted by atomic mass is 9.92. The maximum atomic E-state index is 10.5. The van der Waals surface area contributed by atoms with Crippen molar-refractivity contribution in [3.05, 3.63) is 64.0 Å². The second-order valence-corrected chi connectivity index (χ2v) is 4.95. The summed E-state index contributed by atoms with van der Waals surface area (Å²) in [7, 11) is 0. The average Bonchev–Trinajstić information content (AvgIpc) is 2.28. The standard InChI is InChI=1S/C16H19NO/c1-10-7-11(2)15(12(3)8-10)16(18)14-6-5-13(4)17-9-14/h5-9,16,18H,1-4H3. The molecule has 0 saturated heterocycles. The van der Waals surface area contributed by atoms with Gasteiger partial charge in [0.25, 0.3) is 0 Å². The van der Waals surface area contributed by atoms with E-state index in [1.807, 2.05) is 32.9 Å². The second kappa shape index (κ2) is 4.91. The predicted molar refractivity (Wildman–Crippen MR) is 73.7 cm³/mol. The van der Waals surface area contributed by atoms with Crippen LogP contribution in [0.15, 0.2) is 30.5 Å². The number of hydrogen-bond donors (Lipinski definition) is 1. The smallest absolute Gasteiger partial charge is 0.106 e. The van der Waals surface area contributed by atoms with Gasteiger partial charge in [0.15, 0.2) is 0 Å². The number of aliphatic hydroxyl groups is 1. The molecule has 1 aromatic heterocycles. The van der Waals surface area contributed by atoms with Gasteiger partial charge in [-0.2, -0.15) is 0 Å². The monoisotopic (exact) mass is 241 g/mol. The minimum atomic E-state index is -0.598. The normalized spacial score (nSPS) is 12.5. The first-order valence-corrected chi connectivity index (χ1v) is 6.17. The van der Waals surface area contributed by atoms with E-state index in [-0.39, 0.29) is 0 Å². The van der Waals surface area contributed by atoms with Gasteiger partial charge in [-0.25, -0.2) is 0 Å². The molecule has 0 aliphatic carbocycles. The maximum Gasteiger partial charge on any atom is 0.106 e. The van der Waals surface area contributed by atoms with Crippen LogP contribution in [0, 0.1) is 27.7 Å². The van der Waals surface area contributed by atoms with Crippen molar-refractivity contribution in [3.8, 4) is 0 Å². The van der Waals surface area contributed by atoms with Gasteiger partial charge >= 0.3 is 0 Å². The van der Waals surface area contributed by atoms with Crippen molar-refractivity contribution in [2.75, 3.05) is 0 Å². The van der Waals surface area contributed by atoms with Crippen molar-refractivity contribution in [3.63, 3.8) is 0 Å². The van der Waals surface area contributed by atoms with Gasteiger partial charge < -0.3 is 5.11 Å². The van der Waals surface area contributed by atoms with Crippen LogP contribution in [0.2, 0.25) is 0 Å². The van der Waals surface area contributed by atoms with Crippen LogP contribution in [-0.2, 0) is 0 Å². The Bertz CT molecular complexity index is 535. The van der Waals surface area contributed by atoms with Crippen LogP contribution < -0.4 is 0 Å². The highest BCUT2D eigenvalue weighted by Crippen LogP contribution is 2.28. The van der Waals surface area contributed by atoms with Gasteiger partial charge in [0.2, 0.25) is 0 Å². The SMILES string of the molecule is Cc1cc(C)c(C(O)c2ccc(C)nc2)c(C)c1. The van der Waals surface area contributed by atoms with Crippen molar-refractivity contribution in [2.45, 2.75) is 33.8 Å². The van der Waals surface area contributed by atoms with Gasteiger partial charge in [0.05, 0.1) is 0 Å². The summed E-state index contributed by atoms with van der Waals surface area (Å²) in [4.78, 5) is 4.24. The summed E-state index contributed by atoms with van der Waals surface area (Å²) < 4.78 is 0. The molecule has 0 amide bonds. The zero-order valence-electron chi connectivity index (χ0n) is 11.4. The van der Waals surface area contributed by atoms with Gasteiger partial charge in [0.1, 0.15) is 6.10 Å². The first-order valence-electron chi connectivity index (χ1n) is 6.17. The molecule has 1 atom stereocenters. The Hall–Kier alpha value is -1.67. The van der Waals surface area contributed by atoms with Crippen LogP contribution >= 0.6 is 0 Å². The fraction of sp³-hybridized carbons (Fsp3) is 0.312. The zero-order valence-corrected chi connectivity index (χ0v) is 11.4. The minimum Gasteiger partial charge on any atom is -0.384 e. The Morgan fingerprint density at radius 2 is 1.61 bits per heavy atom. The third-order valence-electron chi connectivity index (χ3n) is 3.26. The van der Waals surface area contributed by atoms with Gasteiger partial charge in [0, 0.05) is 17.5 Å². The van der Waals surface area contributed by atoms with Crippen molar-refractivity contribution in [2.24, 2.45) is 0 Å².